The van der Waals surface area contributed by atoms with Crippen LogP contribution in [0.1, 0.15) is 11.1 Å². The minimum absolute atomic E-state index is 0.107. The molecule has 0 aliphatic carbocycles. The highest BCUT2D eigenvalue weighted by Gasteiger charge is 2.19. The molecule has 1 amide bonds. The average Bonchev–Trinajstić information content (AvgIpc) is 2.66. The summed E-state index contributed by atoms with van der Waals surface area (Å²) in [6.07, 6.45) is 4.97. The van der Waals surface area contributed by atoms with E-state index in [-0.39, 0.29) is 5.91 Å². The first-order valence-corrected chi connectivity index (χ1v) is 8.98. The van der Waals surface area contributed by atoms with Crippen LogP contribution in [0.5, 0.6) is 0 Å². The van der Waals surface area contributed by atoms with E-state index in [4.69, 9.17) is 11.6 Å². The second-order valence-corrected chi connectivity index (χ2v) is 6.63. The van der Waals surface area contributed by atoms with Gasteiger partial charge in [-0.25, -0.2) is 5.43 Å². The molecule has 6 nitrogen and oxygen atoms in total. The zero-order valence-electron chi connectivity index (χ0n) is 14.5. The zero-order chi connectivity index (χ0) is 18.2. The van der Waals surface area contributed by atoms with Gasteiger partial charge in [-0.3, -0.25) is 19.6 Å². The highest BCUT2D eigenvalue weighted by atomic mass is 35.5. The molecule has 26 heavy (non-hydrogen) atoms. The zero-order valence-corrected chi connectivity index (χ0v) is 15.3. The Bertz CT molecular complexity index is 745. The monoisotopic (exact) mass is 371 g/mol. The van der Waals surface area contributed by atoms with Gasteiger partial charge in [-0.1, -0.05) is 35.9 Å². The van der Waals surface area contributed by atoms with E-state index in [2.05, 4.69) is 31.4 Å². The molecule has 2 aromatic rings. The van der Waals surface area contributed by atoms with Gasteiger partial charge in [0, 0.05) is 55.7 Å². The van der Waals surface area contributed by atoms with Crippen molar-refractivity contribution < 1.29 is 4.79 Å². The summed E-state index contributed by atoms with van der Waals surface area (Å²) in [5.41, 5.74) is 4.56. The molecule has 1 fully saturated rings. The Morgan fingerprint density at radius 2 is 1.92 bits per heavy atom. The molecule has 1 N–H and O–H groups in total. The van der Waals surface area contributed by atoms with Gasteiger partial charge < -0.3 is 0 Å². The molecule has 1 aliphatic heterocycles. The molecule has 1 saturated heterocycles. The van der Waals surface area contributed by atoms with Crippen LogP contribution in [0.25, 0.3) is 0 Å². The molecular weight excluding hydrogens is 350 g/mol. The van der Waals surface area contributed by atoms with Crippen molar-refractivity contribution in [2.75, 3.05) is 32.7 Å². The first-order valence-electron chi connectivity index (χ1n) is 8.61. The summed E-state index contributed by atoms with van der Waals surface area (Å²) in [7, 11) is 0. The summed E-state index contributed by atoms with van der Waals surface area (Å²) in [4.78, 5) is 20.5. The lowest BCUT2D eigenvalue weighted by Crippen LogP contribution is -2.48. The molecule has 136 valence electrons. The number of nitrogens with zero attached hydrogens (tertiary/aromatic N) is 4. The average molecular weight is 372 g/mol. The normalized spacial score (nSPS) is 16.0. The number of benzene rings is 1. The van der Waals surface area contributed by atoms with Gasteiger partial charge in [0.1, 0.15) is 0 Å². The summed E-state index contributed by atoms with van der Waals surface area (Å²) < 4.78 is 0. The van der Waals surface area contributed by atoms with E-state index in [1.54, 1.807) is 18.6 Å². The Morgan fingerprint density at radius 1 is 1.15 bits per heavy atom. The van der Waals surface area contributed by atoms with Crippen LogP contribution in [-0.4, -0.2) is 59.6 Å². The quantitative estimate of drug-likeness (QED) is 0.623. The molecule has 7 heteroatoms. The summed E-state index contributed by atoms with van der Waals surface area (Å²) >= 11 is 6.23. The van der Waals surface area contributed by atoms with Gasteiger partial charge in [0.25, 0.3) is 5.91 Å². The molecule has 1 aliphatic rings. The van der Waals surface area contributed by atoms with Crippen LogP contribution in [0.3, 0.4) is 0 Å². The van der Waals surface area contributed by atoms with Crippen LogP contribution < -0.4 is 5.43 Å². The van der Waals surface area contributed by atoms with Crippen LogP contribution in [0.15, 0.2) is 53.9 Å². The topological polar surface area (TPSA) is 60.8 Å². The number of carbonyl (C=O) groups excluding carboxylic acids is 1. The van der Waals surface area contributed by atoms with E-state index in [0.29, 0.717) is 6.54 Å². The Balaban J connectivity index is 1.39. The molecule has 0 unspecified atom stereocenters. The fraction of sp³-hybridized carbons (Fsp3) is 0.316. The predicted octanol–water partition coefficient (Wildman–Crippen LogP) is 2.00. The van der Waals surface area contributed by atoms with Gasteiger partial charge in [0.15, 0.2) is 0 Å². The molecule has 0 bridgehead atoms. The SMILES string of the molecule is O=C(CN1CCN(Cc2ccccc2Cl)CC1)N/N=C/c1cccnc1. The van der Waals surface area contributed by atoms with Crippen LogP contribution in [-0.2, 0) is 11.3 Å². The van der Waals surface area contributed by atoms with Crippen LogP contribution in [0.2, 0.25) is 5.02 Å². The number of hydrogen-bond donors (Lipinski definition) is 1. The number of amides is 1. The van der Waals surface area contributed by atoms with E-state index >= 15 is 0 Å². The van der Waals surface area contributed by atoms with Gasteiger partial charge in [0.05, 0.1) is 12.8 Å². The minimum Gasteiger partial charge on any atom is -0.296 e. The van der Waals surface area contributed by atoms with Crippen LogP contribution in [0.4, 0.5) is 0 Å². The second-order valence-electron chi connectivity index (χ2n) is 6.22. The number of nitrogens with one attached hydrogen (secondary N) is 1. The first-order chi connectivity index (χ1) is 12.7. The molecule has 2 heterocycles. The minimum atomic E-state index is -0.107. The van der Waals surface area contributed by atoms with Gasteiger partial charge in [0.2, 0.25) is 0 Å². The Labute approximate surface area is 158 Å². The van der Waals surface area contributed by atoms with E-state index < -0.39 is 0 Å². The van der Waals surface area contributed by atoms with Crippen molar-refractivity contribution in [1.82, 2.24) is 20.2 Å². The van der Waals surface area contributed by atoms with Gasteiger partial charge in [-0.2, -0.15) is 5.10 Å². The third-order valence-corrected chi connectivity index (χ3v) is 4.64. The number of piperazine rings is 1. The van der Waals surface area contributed by atoms with Gasteiger partial charge in [-0.15, -0.1) is 0 Å². The lowest BCUT2D eigenvalue weighted by atomic mass is 10.2. The van der Waals surface area contributed by atoms with Crippen LogP contribution >= 0.6 is 11.6 Å². The number of aromatic nitrogens is 1. The molecule has 1 aromatic heterocycles. The van der Waals surface area contributed by atoms with Crippen molar-refractivity contribution in [1.29, 1.82) is 0 Å². The largest absolute Gasteiger partial charge is 0.296 e. The Kier molecular flexibility index (Phi) is 6.71. The van der Waals surface area contributed by atoms with Crippen molar-refractivity contribution in [3.8, 4) is 0 Å². The maximum atomic E-state index is 12.0. The Morgan fingerprint density at radius 3 is 2.65 bits per heavy atom. The standard InChI is InChI=1S/C19H22ClN5O/c20-18-6-2-1-5-17(18)14-24-8-10-25(11-9-24)15-19(26)23-22-13-16-4-3-7-21-12-16/h1-7,12-13H,8-11,14-15H2,(H,23,26)/b22-13+. The van der Waals surface area contributed by atoms with E-state index in [1.165, 1.54) is 0 Å². The summed E-state index contributed by atoms with van der Waals surface area (Å²) in [5.74, 6) is -0.107. The smallest absolute Gasteiger partial charge is 0.254 e. The van der Waals surface area contributed by atoms with Crippen LogP contribution in [0, 0.1) is 0 Å². The molecule has 3 rings (SSSR count). The van der Waals surface area contributed by atoms with E-state index in [0.717, 1.165) is 48.9 Å². The molecule has 0 radical (unpaired) electrons. The van der Waals surface area contributed by atoms with E-state index in [9.17, 15) is 4.79 Å². The number of halogens is 1. The van der Waals surface area contributed by atoms with Gasteiger partial charge in [-0.05, 0) is 17.7 Å². The van der Waals surface area contributed by atoms with Crippen molar-refractivity contribution in [3.63, 3.8) is 0 Å². The third-order valence-electron chi connectivity index (χ3n) is 4.27. The predicted molar refractivity (Wildman–Crippen MR) is 103 cm³/mol. The number of rotatable bonds is 6. The van der Waals surface area contributed by atoms with Gasteiger partial charge >= 0.3 is 0 Å². The van der Waals surface area contributed by atoms with Crippen molar-refractivity contribution >= 4 is 23.7 Å². The molecule has 0 saturated carbocycles. The molecule has 1 aromatic carbocycles. The van der Waals surface area contributed by atoms with Crippen molar-refractivity contribution in [3.05, 3.63) is 64.9 Å². The molecule has 0 spiro atoms. The summed E-state index contributed by atoms with van der Waals surface area (Å²) in [6.45, 7) is 4.72. The number of hydrogen-bond acceptors (Lipinski definition) is 5. The Hall–Kier alpha value is -2.28. The number of pyridine rings is 1. The summed E-state index contributed by atoms with van der Waals surface area (Å²) in [5, 5.41) is 4.78. The second kappa shape index (κ2) is 9.43. The lowest BCUT2D eigenvalue weighted by molar-refractivity contribution is -0.122. The lowest BCUT2D eigenvalue weighted by Gasteiger charge is -2.34. The number of hydrazone groups is 1. The fourth-order valence-corrected chi connectivity index (χ4v) is 3.04. The highest BCUT2D eigenvalue weighted by molar-refractivity contribution is 6.31. The molecule has 0 atom stereocenters. The van der Waals surface area contributed by atoms with Crippen molar-refractivity contribution in [2.45, 2.75) is 6.54 Å². The summed E-state index contributed by atoms with van der Waals surface area (Å²) in [6, 6.07) is 11.6. The van der Waals surface area contributed by atoms with E-state index in [1.807, 2.05) is 30.3 Å². The maximum Gasteiger partial charge on any atom is 0.254 e. The van der Waals surface area contributed by atoms with Crippen molar-refractivity contribution in [2.24, 2.45) is 5.10 Å². The fourth-order valence-electron chi connectivity index (χ4n) is 2.84. The number of carbonyl (C=O) groups is 1. The highest BCUT2D eigenvalue weighted by Crippen LogP contribution is 2.17. The first kappa shape index (κ1) is 18.5. The third kappa shape index (κ3) is 5.62. The molecular formula is C19H22ClN5O. The maximum absolute atomic E-state index is 12.0.